The van der Waals surface area contributed by atoms with E-state index in [1.807, 2.05) is 0 Å². The van der Waals surface area contributed by atoms with E-state index >= 15 is 0 Å². The van der Waals surface area contributed by atoms with Crippen molar-refractivity contribution in [3.8, 4) is 22.3 Å². The van der Waals surface area contributed by atoms with Crippen LogP contribution in [0.3, 0.4) is 0 Å². The largest absolute Gasteiger partial charge is 0.240 e. The smallest absolute Gasteiger partial charge is 0.211 e. The van der Waals surface area contributed by atoms with Gasteiger partial charge in [0.1, 0.15) is 11.4 Å². The molecule has 0 radical (unpaired) electrons. The van der Waals surface area contributed by atoms with Gasteiger partial charge in [0.05, 0.1) is 27.1 Å². The van der Waals surface area contributed by atoms with E-state index in [9.17, 15) is 24.0 Å². The molecule has 0 fully saturated rings. The van der Waals surface area contributed by atoms with Crippen LogP contribution in [-0.4, -0.2) is 30.4 Å². The monoisotopic (exact) mass is 503 g/mol. The first kappa shape index (κ1) is 24.8. The maximum Gasteiger partial charge on any atom is 0.240 e. The Kier molecular flexibility index (Phi) is 8.02. The minimum absolute atomic E-state index is 0.00454. The van der Waals surface area contributed by atoms with Gasteiger partial charge in [-0.3, -0.25) is 0 Å². The van der Waals surface area contributed by atoms with Crippen LogP contribution in [0.2, 0.25) is 10.0 Å². The van der Waals surface area contributed by atoms with Gasteiger partial charge >= 0.3 is 0 Å². The third-order valence-corrected chi connectivity index (χ3v) is 5.46. The number of rotatable bonds is 7. The van der Waals surface area contributed by atoms with Crippen LogP contribution in [0.1, 0.15) is 0 Å². The Bertz CT molecular complexity index is 1590. The minimum Gasteiger partial charge on any atom is -0.211 e. The van der Waals surface area contributed by atoms with Crippen molar-refractivity contribution in [2.75, 3.05) is 0 Å². The van der Waals surface area contributed by atoms with Gasteiger partial charge < -0.3 is 0 Å². The van der Waals surface area contributed by atoms with Crippen LogP contribution in [0.5, 0.6) is 0 Å². The molecule has 0 bridgehead atoms. The van der Waals surface area contributed by atoms with Crippen molar-refractivity contribution in [3.63, 3.8) is 0 Å². The number of aliphatic imine (C=N–C) groups is 5. The van der Waals surface area contributed by atoms with Gasteiger partial charge in [0, 0.05) is 16.7 Å². The van der Waals surface area contributed by atoms with E-state index in [-0.39, 0.29) is 49.5 Å². The van der Waals surface area contributed by atoms with Crippen molar-refractivity contribution in [1.82, 2.24) is 0 Å². The molecule has 3 rings (SSSR count). The zero-order chi connectivity index (χ0) is 25.4. The Balaban J connectivity index is 2.54. The van der Waals surface area contributed by atoms with Crippen molar-refractivity contribution in [2.24, 2.45) is 25.0 Å². The first-order chi connectivity index (χ1) is 17.0. The SMILES string of the molecule is O=C=Nc1ccc(-c2cc(N=C=O)c(N=C=O)c(-c3ccc(N=C=O)c(Cl)c3Cl)c2N=C=O)cc1. The number of nitrogens with zero attached hydrogens (tertiary/aromatic N) is 5. The van der Waals surface area contributed by atoms with E-state index in [0.29, 0.717) is 11.3 Å². The summed E-state index contributed by atoms with van der Waals surface area (Å²) in [6, 6.07) is 10.1. The van der Waals surface area contributed by atoms with Crippen LogP contribution in [-0.2, 0) is 24.0 Å². The summed E-state index contributed by atoms with van der Waals surface area (Å²) in [5, 5.41) is -0.279. The predicted octanol–water partition coefficient (Wildman–Crippen LogP) is 6.16. The normalized spacial score (nSPS) is 9.43. The van der Waals surface area contributed by atoms with E-state index in [4.69, 9.17) is 23.2 Å². The third-order valence-electron chi connectivity index (χ3n) is 4.58. The molecule has 0 unspecified atom stereocenters. The van der Waals surface area contributed by atoms with Crippen LogP contribution in [0, 0.1) is 0 Å². The molecule has 0 spiro atoms. The zero-order valence-electron chi connectivity index (χ0n) is 17.1. The second kappa shape index (κ2) is 11.3. The summed E-state index contributed by atoms with van der Waals surface area (Å²) in [4.78, 5) is 72.9. The molecular weight excluding hydrogens is 497 g/mol. The number of halogens is 2. The average Bonchev–Trinajstić information content (AvgIpc) is 2.85. The molecule has 0 aliphatic rings. The lowest BCUT2D eigenvalue weighted by Crippen LogP contribution is -1.89. The minimum atomic E-state index is -0.215. The maximum atomic E-state index is 11.4. The Labute approximate surface area is 205 Å². The molecule has 0 saturated heterocycles. The molecule has 0 atom stereocenters. The molecule has 168 valence electrons. The summed E-state index contributed by atoms with van der Waals surface area (Å²) in [5.74, 6) is 0. The summed E-state index contributed by atoms with van der Waals surface area (Å²) in [7, 11) is 0. The van der Waals surface area contributed by atoms with Crippen LogP contribution >= 0.6 is 23.2 Å². The topological polar surface area (TPSA) is 147 Å². The second-order valence-corrected chi connectivity index (χ2v) is 7.09. The van der Waals surface area contributed by atoms with Crippen LogP contribution in [0.15, 0.2) is 67.4 Å². The van der Waals surface area contributed by atoms with Gasteiger partial charge in [-0.05, 0) is 29.8 Å². The standard InChI is InChI=1S/C23H7Cl2N5O5/c24-20-15(5-6-17(21(20)25)27-9-32)19-22(29-11-34)16(7-18(28-10-33)23(19)30-12-35)13-1-3-14(4-2-13)26-8-31/h1-7H. The fourth-order valence-electron chi connectivity index (χ4n) is 3.21. The van der Waals surface area contributed by atoms with Crippen LogP contribution < -0.4 is 0 Å². The van der Waals surface area contributed by atoms with E-state index in [1.165, 1.54) is 60.7 Å². The van der Waals surface area contributed by atoms with Crippen molar-refractivity contribution < 1.29 is 24.0 Å². The Morgan fingerprint density at radius 3 is 1.71 bits per heavy atom. The molecule has 3 aromatic rings. The van der Waals surface area contributed by atoms with E-state index in [0.717, 1.165) is 0 Å². The van der Waals surface area contributed by atoms with Gasteiger partial charge in [-0.1, -0.05) is 41.4 Å². The molecule has 0 aromatic heterocycles. The number of carbonyl (C=O) groups excluding carboxylic acids is 5. The molecular formula is C23H7Cl2N5O5. The zero-order valence-corrected chi connectivity index (χ0v) is 18.6. The highest BCUT2D eigenvalue weighted by molar-refractivity contribution is 6.45. The lowest BCUT2D eigenvalue weighted by atomic mass is 9.93. The molecule has 0 N–H and O–H groups in total. The van der Waals surface area contributed by atoms with Gasteiger partial charge in [0.2, 0.25) is 30.4 Å². The maximum absolute atomic E-state index is 11.4. The van der Waals surface area contributed by atoms with Gasteiger partial charge in [-0.15, -0.1) is 0 Å². The highest BCUT2D eigenvalue weighted by atomic mass is 35.5. The van der Waals surface area contributed by atoms with Gasteiger partial charge in [0.25, 0.3) is 0 Å². The van der Waals surface area contributed by atoms with Gasteiger partial charge in [-0.25, -0.2) is 24.0 Å². The van der Waals surface area contributed by atoms with Crippen molar-refractivity contribution >= 4 is 82.0 Å². The molecule has 0 heterocycles. The van der Waals surface area contributed by atoms with Gasteiger partial charge in [-0.2, -0.15) is 25.0 Å². The number of hydrogen-bond acceptors (Lipinski definition) is 10. The molecule has 0 aliphatic carbocycles. The van der Waals surface area contributed by atoms with E-state index in [1.54, 1.807) is 12.1 Å². The average molecular weight is 504 g/mol. The molecule has 0 saturated carbocycles. The van der Waals surface area contributed by atoms with E-state index < -0.39 is 0 Å². The summed E-state index contributed by atoms with van der Waals surface area (Å²) in [6.45, 7) is 0. The summed E-state index contributed by atoms with van der Waals surface area (Å²) < 4.78 is 0. The van der Waals surface area contributed by atoms with Crippen molar-refractivity contribution in [1.29, 1.82) is 0 Å². The lowest BCUT2D eigenvalue weighted by molar-refractivity contribution is 0.564. The molecule has 0 aliphatic heterocycles. The molecule has 12 heteroatoms. The highest BCUT2D eigenvalue weighted by Gasteiger charge is 2.24. The summed E-state index contributed by atoms with van der Waals surface area (Å²) in [6.07, 6.45) is 6.93. The molecule has 0 amide bonds. The molecule has 10 nitrogen and oxygen atoms in total. The van der Waals surface area contributed by atoms with E-state index in [2.05, 4.69) is 25.0 Å². The predicted molar refractivity (Wildman–Crippen MR) is 126 cm³/mol. The second-order valence-electron chi connectivity index (χ2n) is 6.34. The summed E-state index contributed by atoms with van der Waals surface area (Å²) in [5.41, 5.74) is 0.675. The quantitative estimate of drug-likeness (QED) is 0.279. The summed E-state index contributed by atoms with van der Waals surface area (Å²) >= 11 is 12.7. The Morgan fingerprint density at radius 1 is 0.543 bits per heavy atom. The number of isocyanates is 5. The van der Waals surface area contributed by atoms with Crippen molar-refractivity contribution in [3.05, 3.63) is 52.5 Å². The fraction of sp³-hybridized carbons (Fsp3) is 0. The first-order valence-electron chi connectivity index (χ1n) is 9.19. The highest BCUT2D eigenvalue weighted by Crippen LogP contribution is 2.53. The first-order valence-corrected chi connectivity index (χ1v) is 9.95. The van der Waals surface area contributed by atoms with Crippen LogP contribution in [0.25, 0.3) is 22.3 Å². The third kappa shape index (κ3) is 5.06. The Morgan fingerprint density at radius 2 is 1.11 bits per heavy atom. The molecule has 35 heavy (non-hydrogen) atoms. The van der Waals surface area contributed by atoms with Crippen molar-refractivity contribution in [2.45, 2.75) is 0 Å². The fourth-order valence-corrected chi connectivity index (χ4v) is 3.68. The van der Waals surface area contributed by atoms with Crippen LogP contribution in [0.4, 0.5) is 28.4 Å². The Hall–Kier alpha value is -4.86. The number of benzene rings is 3. The van der Waals surface area contributed by atoms with Gasteiger partial charge in [0.15, 0.2) is 0 Å². The lowest BCUT2D eigenvalue weighted by Gasteiger charge is -2.17. The number of hydrogen-bond donors (Lipinski definition) is 0. The molecule has 3 aromatic carbocycles.